The van der Waals surface area contributed by atoms with Gasteiger partial charge >= 0.3 is 0 Å². The van der Waals surface area contributed by atoms with Crippen molar-refractivity contribution in [1.82, 2.24) is 0 Å². The molecule has 1 aliphatic carbocycles. The Hall–Kier alpha value is -1.22. The molecule has 1 aromatic carbocycles. The number of nitrogens with zero attached hydrogens (tertiary/aromatic N) is 2. The first-order valence-corrected chi connectivity index (χ1v) is 8.02. The number of para-hydroxylation sites is 2. The minimum absolute atomic E-state index is 0.0938. The number of nitrogens with two attached hydrogens (primary N) is 1. The van der Waals surface area contributed by atoms with Crippen molar-refractivity contribution >= 4 is 11.4 Å². The van der Waals surface area contributed by atoms with Gasteiger partial charge in [-0.25, -0.2) is 0 Å². The van der Waals surface area contributed by atoms with E-state index in [1.54, 1.807) is 0 Å². The molecule has 0 bridgehead atoms. The van der Waals surface area contributed by atoms with E-state index in [2.05, 4.69) is 41.1 Å². The Morgan fingerprint density at radius 3 is 2.50 bits per heavy atom. The van der Waals surface area contributed by atoms with Crippen molar-refractivity contribution in [2.75, 3.05) is 36.5 Å². The van der Waals surface area contributed by atoms with Gasteiger partial charge in [-0.05, 0) is 31.4 Å². The van der Waals surface area contributed by atoms with Gasteiger partial charge in [0.15, 0.2) is 0 Å². The topological polar surface area (TPSA) is 32.5 Å². The third-order valence-corrected chi connectivity index (χ3v) is 5.07. The van der Waals surface area contributed by atoms with E-state index in [0.717, 1.165) is 26.1 Å². The minimum atomic E-state index is 0.0938. The molecular weight excluding hydrogens is 246 g/mol. The van der Waals surface area contributed by atoms with Gasteiger partial charge in [0.1, 0.15) is 0 Å². The average Bonchev–Trinajstić information content (AvgIpc) is 2.48. The van der Waals surface area contributed by atoms with Crippen LogP contribution in [-0.2, 0) is 0 Å². The number of likely N-dealkylation sites (N-methyl/N-ethyl adjacent to an activating group) is 1. The SMILES string of the molecule is CN1CCN(CCC2(N)CCCCC2)c2ccccc21. The molecule has 0 radical (unpaired) electrons. The third-order valence-electron chi connectivity index (χ3n) is 5.07. The number of benzene rings is 1. The van der Waals surface area contributed by atoms with E-state index in [1.165, 1.54) is 43.5 Å². The summed E-state index contributed by atoms with van der Waals surface area (Å²) >= 11 is 0. The van der Waals surface area contributed by atoms with Crippen LogP contribution in [0.3, 0.4) is 0 Å². The molecule has 1 aliphatic heterocycles. The van der Waals surface area contributed by atoms with E-state index in [1.807, 2.05) is 0 Å². The van der Waals surface area contributed by atoms with E-state index >= 15 is 0 Å². The summed E-state index contributed by atoms with van der Waals surface area (Å²) in [6, 6.07) is 8.74. The number of fused-ring (bicyclic) bond motifs is 1. The van der Waals surface area contributed by atoms with Crippen LogP contribution in [0, 0.1) is 0 Å². The van der Waals surface area contributed by atoms with E-state index in [-0.39, 0.29) is 5.54 Å². The lowest BCUT2D eigenvalue weighted by Gasteiger charge is -2.40. The zero-order valence-corrected chi connectivity index (χ0v) is 12.6. The van der Waals surface area contributed by atoms with Gasteiger partial charge in [-0.1, -0.05) is 31.4 Å². The Bertz CT molecular complexity index is 451. The summed E-state index contributed by atoms with van der Waals surface area (Å²) in [4.78, 5) is 4.88. The van der Waals surface area contributed by atoms with Crippen LogP contribution in [0.5, 0.6) is 0 Å². The molecule has 3 nitrogen and oxygen atoms in total. The smallest absolute Gasteiger partial charge is 0.0604 e. The second-order valence-electron chi connectivity index (χ2n) is 6.57. The van der Waals surface area contributed by atoms with Crippen molar-refractivity contribution < 1.29 is 0 Å². The summed E-state index contributed by atoms with van der Waals surface area (Å²) in [7, 11) is 2.18. The number of hydrogen-bond donors (Lipinski definition) is 1. The lowest BCUT2D eigenvalue weighted by molar-refractivity contribution is 0.279. The molecule has 0 atom stereocenters. The molecule has 0 amide bonds. The van der Waals surface area contributed by atoms with Crippen LogP contribution in [0.2, 0.25) is 0 Å². The zero-order valence-electron chi connectivity index (χ0n) is 12.6. The highest BCUT2D eigenvalue weighted by Crippen LogP contribution is 2.34. The molecule has 2 N–H and O–H groups in total. The van der Waals surface area contributed by atoms with Crippen LogP contribution in [0.1, 0.15) is 38.5 Å². The van der Waals surface area contributed by atoms with Gasteiger partial charge in [0.05, 0.1) is 11.4 Å². The Morgan fingerprint density at radius 1 is 1.05 bits per heavy atom. The number of hydrogen-bond acceptors (Lipinski definition) is 3. The highest BCUT2D eigenvalue weighted by molar-refractivity contribution is 5.73. The molecule has 0 aromatic heterocycles. The maximum Gasteiger partial charge on any atom is 0.0604 e. The van der Waals surface area contributed by atoms with Gasteiger partial charge in [-0.2, -0.15) is 0 Å². The highest BCUT2D eigenvalue weighted by Gasteiger charge is 2.29. The van der Waals surface area contributed by atoms with Gasteiger partial charge < -0.3 is 15.5 Å². The van der Waals surface area contributed by atoms with Gasteiger partial charge in [-0.15, -0.1) is 0 Å². The maximum atomic E-state index is 6.59. The van der Waals surface area contributed by atoms with Crippen molar-refractivity contribution in [3.63, 3.8) is 0 Å². The van der Waals surface area contributed by atoms with E-state index in [0.29, 0.717) is 0 Å². The molecule has 1 fully saturated rings. The predicted molar refractivity (Wildman–Crippen MR) is 86.5 cm³/mol. The van der Waals surface area contributed by atoms with Crippen LogP contribution in [0.4, 0.5) is 11.4 Å². The zero-order chi connectivity index (χ0) is 14.0. The molecule has 1 aromatic rings. The Labute approximate surface area is 122 Å². The van der Waals surface area contributed by atoms with Crippen molar-refractivity contribution in [3.05, 3.63) is 24.3 Å². The monoisotopic (exact) mass is 273 g/mol. The summed E-state index contributed by atoms with van der Waals surface area (Å²) in [5.74, 6) is 0. The second kappa shape index (κ2) is 5.65. The van der Waals surface area contributed by atoms with Gasteiger partial charge in [-0.3, -0.25) is 0 Å². The molecule has 20 heavy (non-hydrogen) atoms. The molecule has 1 saturated carbocycles. The molecule has 3 rings (SSSR count). The summed E-state index contributed by atoms with van der Waals surface area (Å²) < 4.78 is 0. The van der Waals surface area contributed by atoms with Gasteiger partial charge in [0.2, 0.25) is 0 Å². The van der Waals surface area contributed by atoms with Crippen molar-refractivity contribution in [1.29, 1.82) is 0 Å². The first-order chi connectivity index (χ1) is 9.68. The minimum Gasteiger partial charge on any atom is -0.371 e. The van der Waals surface area contributed by atoms with Crippen molar-refractivity contribution in [2.24, 2.45) is 5.73 Å². The quantitative estimate of drug-likeness (QED) is 0.919. The largest absolute Gasteiger partial charge is 0.371 e. The second-order valence-corrected chi connectivity index (χ2v) is 6.57. The molecule has 1 heterocycles. The van der Waals surface area contributed by atoms with Crippen LogP contribution in [-0.4, -0.2) is 32.2 Å². The Kier molecular flexibility index (Phi) is 3.88. The van der Waals surface area contributed by atoms with Crippen molar-refractivity contribution in [2.45, 2.75) is 44.1 Å². The number of anilines is 2. The normalized spacial score (nSPS) is 21.7. The van der Waals surface area contributed by atoms with E-state index in [9.17, 15) is 0 Å². The fraction of sp³-hybridized carbons (Fsp3) is 0.647. The highest BCUT2D eigenvalue weighted by atomic mass is 15.2. The molecule has 2 aliphatic rings. The summed E-state index contributed by atoms with van der Waals surface area (Å²) in [6.45, 7) is 3.32. The first-order valence-electron chi connectivity index (χ1n) is 8.02. The van der Waals surface area contributed by atoms with E-state index < -0.39 is 0 Å². The summed E-state index contributed by atoms with van der Waals surface area (Å²) in [6.07, 6.45) is 7.55. The maximum absolute atomic E-state index is 6.59. The van der Waals surface area contributed by atoms with Crippen LogP contribution in [0.15, 0.2) is 24.3 Å². The Balaban J connectivity index is 1.68. The average molecular weight is 273 g/mol. The third kappa shape index (κ3) is 2.78. The van der Waals surface area contributed by atoms with Crippen molar-refractivity contribution in [3.8, 4) is 0 Å². The lowest BCUT2D eigenvalue weighted by Crippen LogP contribution is -2.47. The predicted octanol–water partition coefficient (Wildman–Crippen LogP) is 2.99. The standard InChI is InChI=1S/C17H27N3/c1-19-13-14-20(16-8-4-3-7-15(16)19)12-11-17(18)9-5-2-6-10-17/h3-4,7-8H,2,5-6,9-14,18H2,1H3. The fourth-order valence-corrected chi connectivity index (χ4v) is 3.66. The molecule has 0 saturated heterocycles. The fourth-order valence-electron chi connectivity index (χ4n) is 3.66. The molecule has 110 valence electrons. The van der Waals surface area contributed by atoms with Gasteiger partial charge in [0, 0.05) is 32.2 Å². The first kappa shape index (κ1) is 13.7. The van der Waals surface area contributed by atoms with Gasteiger partial charge in [0.25, 0.3) is 0 Å². The molecule has 3 heteroatoms. The summed E-state index contributed by atoms with van der Waals surface area (Å²) in [5, 5.41) is 0. The molecule has 0 unspecified atom stereocenters. The van der Waals surface area contributed by atoms with E-state index in [4.69, 9.17) is 5.73 Å². The van der Waals surface area contributed by atoms with Crippen LogP contribution >= 0.6 is 0 Å². The molecular formula is C17H27N3. The van der Waals surface area contributed by atoms with Crippen LogP contribution < -0.4 is 15.5 Å². The Morgan fingerprint density at radius 2 is 1.75 bits per heavy atom. The lowest BCUT2D eigenvalue weighted by atomic mass is 9.80. The summed E-state index contributed by atoms with van der Waals surface area (Å²) in [5.41, 5.74) is 9.41. The number of rotatable bonds is 3. The van der Waals surface area contributed by atoms with Crippen LogP contribution in [0.25, 0.3) is 0 Å². The molecule has 0 spiro atoms.